The van der Waals surface area contributed by atoms with Crippen LogP contribution < -0.4 is 5.73 Å². The van der Waals surface area contributed by atoms with Gasteiger partial charge < -0.3 is 5.73 Å². The van der Waals surface area contributed by atoms with Crippen molar-refractivity contribution in [3.63, 3.8) is 0 Å². The number of nitrogens with zero attached hydrogens (tertiary/aromatic N) is 2. The maximum atomic E-state index is 13.4. The van der Waals surface area contributed by atoms with E-state index in [0.29, 0.717) is 27.7 Å². The number of hydrogen-bond acceptors (Lipinski definition) is 2. The topological polar surface area (TPSA) is 43.3 Å². The first kappa shape index (κ1) is 12.4. The van der Waals surface area contributed by atoms with Crippen molar-refractivity contribution in [2.45, 2.75) is 0 Å². The highest BCUT2D eigenvalue weighted by molar-refractivity contribution is 9.10. The molecule has 3 aromatic rings. The molecular formula is C13H8BrClFN3. The molecule has 2 aromatic heterocycles. The van der Waals surface area contributed by atoms with E-state index in [9.17, 15) is 4.39 Å². The number of halogens is 3. The van der Waals surface area contributed by atoms with Crippen molar-refractivity contribution in [1.82, 2.24) is 9.38 Å². The minimum Gasteiger partial charge on any atom is -0.383 e. The van der Waals surface area contributed by atoms with Crippen LogP contribution in [-0.4, -0.2) is 9.38 Å². The zero-order chi connectivity index (χ0) is 13.6. The minimum atomic E-state index is -0.347. The van der Waals surface area contributed by atoms with Crippen molar-refractivity contribution >= 4 is 39.0 Å². The molecule has 0 aliphatic heterocycles. The third kappa shape index (κ3) is 1.99. The zero-order valence-electron chi connectivity index (χ0n) is 9.57. The lowest BCUT2D eigenvalue weighted by Gasteiger charge is -2.02. The molecule has 0 atom stereocenters. The Kier molecular flexibility index (Phi) is 2.95. The normalized spacial score (nSPS) is 11.1. The van der Waals surface area contributed by atoms with Crippen molar-refractivity contribution in [1.29, 1.82) is 0 Å². The molecule has 96 valence electrons. The van der Waals surface area contributed by atoms with E-state index in [-0.39, 0.29) is 5.82 Å². The van der Waals surface area contributed by atoms with Crippen LogP contribution in [0.4, 0.5) is 10.2 Å². The Hall–Kier alpha value is -1.59. The molecule has 2 heterocycles. The van der Waals surface area contributed by atoms with Gasteiger partial charge in [0.15, 0.2) is 5.65 Å². The predicted molar refractivity (Wildman–Crippen MR) is 77.7 cm³/mol. The second-order valence-electron chi connectivity index (χ2n) is 4.02. The number of rotatable bonds is 1. The van der Waals surface area contributed by atoms with E-state index in [1.807, 2.05) is 0 Å². The fourth-order valence-electron chi connectivity index (χ4n) is 1.93. The Labute approximate surface area is 122 Å². The quantitative estimate of drug-likeness (QED) is 0.723. The first-order valence-electron chi connectivity index (χ1n) is 5.45. The second kappa shape index (κ2) is 4.51. The zero-order valence-corrected chi connectivity index (χ0v) is 11.9. The van der Waals surface area contributed by atoms with Crippen LogP contribution in [0.1, 0.15) is 0 Å². The molecule has 0 aliphatic rings. The summed E-state index contributed by atoms with van der Waals surface area (Å²) in [5.74, 6) is 0.0737. The maximum absolute atomic E-state index is 13.4. The van der Waals surface area contributed by atoms with Crippen molar-refractivity contribution in [3.8, 4) is 11.3 Å². The van der Waals surface area contributed by atoms with Gasteiger partial charge >= 0.3 is 0 Å². The summed E-state index contributed by atoms with van der Waals surface area (Å²) in [4.78, 5) is 4.39. The van der Waals surface area contributed by atoms with E-state index in [2.05, 4.69) is 20.9 Å². The summed E-state index contributed by atoms with van der Waals surface area (Å²) in [5, 5.41) is 0.493. The Morgan fingerprint density at radius 1 is 1.32 bits per heavy atom. The Balaban J connectivity index is 2.34. The molecule has 3 rings (SSSR count). The van der Waals surface area contributed by atoms with Crippen LogP contribution in [0.3, 0.4) is 0 Å². The van der Waals surface area contributed by atoms with Crippen LogP contribution in [0.15, 0.2) is 41.0 Å². The number of benzene rings is 1. The molecule has 19 heavy (non-hydrogen) atoms. The average Bonchev–Trinajstić information content (AvgIpc) is 2.72. The van der Waals surface area contributed by atoms with Gasteiger partial charge in [0.1, 0.15) is 17.3 Å². The predicted octanol–water partition coefficient (Wildman–Crippen LogP) is 4.14. The van der Waals surface area contributed by atoms with Gasteiger partial charge in [0.2, 0.25) is 0 Å². The van der Waals surface area contributed by atoms with E-state index in [1.54, 1.807) is 28.8 Å². The molecule has 0 amide bonds. The van der Waals surface area contributed by atoms with Gasteiger partial charge in [-0.15, -0.1) is 0 Å². The Bertz CT molecular complexity index is 785. The van der Waals surface area contributed by atoms with Crippen molar-refractivity contribution < 1.29 is 4.39 Å². The van der Waals surface area contributed by atoms with Gasteiger partial charge in [-0.05, 0) is 30.3 Å². The number of imidazole rings is 1. The van der Waals surface area contributed by atoms with Crippen molar-refractivity contribution in [2.75, 3.05) is 5.73 Å². The van der Waals surface area contributed by atoms with Crippen LogP contribution in [0.2, 0.25) is 5.02 Å². The molecular weight excluding hydrogens is 333 g/mol. The summed E-state index contributed by atoms with van der Waals surface area (Å²) in [5.41, 5.74) is 7.70. The summed E-state index contributed by atoms with van der Waals surface area (Å²) >= 11 is 9.45. The summed E-state index contributed by atoms with van der Waals surface area (Å²) in [6, 6.07) is 7.88. The number of aromatic nitrogens is 2. The maximum Gasteiger partial charge on any atom is 0.157 e. The summed E-state index contributed by atoms with van der Waals surface area (Å²) in [6.45, 7) is 0. The second-order valence-corrected chi connectivity index (χ2v) is 5.28. The number of nitrogen functional groups attached to an aromatic ring is 1. The molecule has 0 bridgehead atoms. The summed E-state index contributed by atoms with van der Waals surface area (Å²) in [6.07, 6.45) is 1.76. The molecule has 0 fully saturated rings. The molecule has 0 saturated heterocycles. The Morgan fingerprint density at radius 3 is 2.84 bits per heavy atom. The fraction of sp³-hybridized carbons (Fsp3) is 0. The lowest BCUT2D eigenvalue weighted by molar-refractivity contribution is 0.628. The third-order valence-electron chi connectivity index (χ3n) is 2.82. The van der Waals surface area contributed by atoms with Gasteiger partial charge in [-0.3, -0.25) is 4.40 Å². The van der Waals surface area contributed by atoms with Crippen LogP contribution in [0, 0.1) is 5.82 Å². The van der Waals surface area contributed by atoms with Gasteiger partial charge in [0.05, 0.1) is 5.02 Å². The van der Waals surface area contributed by atoms with Crippen molar-refractivity contribution in [3.05, 3.63) is 51.8 Å². The molecule has 6 heteroatoms. The molecule has 0 unspecified atom stereocenters. The summed E-state index contributed by atoms with van der Waals surface area (Å²) in [7, 11) is 0. The average molecular weight is 341 g/mol. The van der Waals surface area contributed by atoms with Crippen molar-refractivity contribution in [2.24, 2.45) is 0 Å². The minimum absolute atomic E-state index is 0.347. The first-order chi connectivity index (χ1) is 9.08. The van der Waals surface area contributed by atoms with E-state index in [0.717, 1.165) is 4.47 Å². The van der Waals surface area contributed by atoms with Gasteiger partial charge in [-0.2, -0.15) is 0 Å². The van der Waals surface area contributed by atoms with Gasteiger partial charge in [0.25, 0.3) is 0 Å². The largest absolute Gasteiger partial charge is 0.383 e. The SMILES string of the molecule is Nc1c(-c2cc(F)ccc2Br)nc2c(Cl)cccn12. The number of hydrogen-bond donors (Lipinski definition) is 1. The van der Waals surface area contributed by atoms with Crippen LogP contribution in [0.25, 0.3) is 16.9 Å². The van der Waals surface area contributed by atoms with Gasteiger partial charge in [0, 0.05) is 16.2 Å². The van der Waals surface area contributed by atoms with Crippen LogP contribution in [0.5, 0.6) is 0 Å². The highest BCUT2D eigenvalue weighted by Gasteiger charge is 2.15. The molecule has 2 N–H and O–H groups in total. The highest BCUT2D eigenvalue weighted by atomic mass is 79.9. The Morgan fingerprint density at radius 2 is 2.11 bits per heavy atom. The number of fused-ring (bicyclic) bond motifs is 1. The molecule has 0 saturated carbocycles. The van der Waals surface area contributed by atoms with Crippen LogP contribution in [-0.2, 0) is 0 Å². The lowest BCUT2D eigenvalue weighted by Crippen LogP contribution is -1.94. The first-order valence-corrected chi connectivity index (χ1v) is 6.62. The number of pyridine rings is 1. The molecule has 0 aliphatic carbocycles. The summed E-state index contributed by atoms with van der Waals surface area (Å²) < 4.78 is 15.8. The smallest absolute Gasteiger partial charge is 0.157 e. The van der Waals surface area contributed by atoms with E-state index in [4.69, 9.17) is 17.3 Å². The standard InChI is InChI=1S/C13H8BrClFN3/c14-9-4-3-7(16)6-8(9)11-12(17)19-5-1-2-10(15)13(19)18-11/h1-6H,17H2. The molecule has 1 aromatic carbocycles. The number of nitrogens with two attached hydrogens (primary N) is 1. The van der Waals surface area contributed by atoms with E-state index >= 15 is 0 Å². The monoisotopic (exact) mass is 339 g/mol. The van der Waals surface area contributed by atoms with Crippen LogP contribution >= 0.6 is 27.5 Å². The van der Waals surface area contributed by atoms with Gasteiger partial charge in [-0.1, -0.05) is 27.5 Å². The highest BCUT2D eigenvalue weighted by Crippen LogP contribution is 2.34. The van der Waals surface area contributed by atoms with E-state index in [1.165, 1.54) is 12.1 Å². The molecule has 0 radical (unpaired) electrons. The molecule has 0 spiro atoms. The lowest BCUT2D eigenvalue weighted by atomic mass is 10.1. The third-order valence-corrected chi connectivity index (χ3v) is 3.81. The van der Waals surface area contributed by atoms with Gasteiger partial charge in [-0.25, -0.2) is 9.37 Å². The van der Waals surface area contributed by atoms with E-state index < -0.39 is 0 Å². The number of anilines is 1. The molecule has 3 nitrogen and oxygen atoms in total. The fourth-order valence-corrected chi connectivity index (χ4v) is 2.57.